The van der Waals surface area contributed by atoms with Crippen molar-refractivity contribution in [3.8, 4) is 6.07 Å². The lowest BCUT2D eigenvalue weighted by atomic mass is 10.2. The fourth-order valence-electron chi connectivity index (χ4n) is 2.55. The van der Waals surface area contributed by atoms with Crippen molar-refractivity contribution < 1.29 is 4.79 Å². The normalized spacial score (nSPS) is 14.8. The molecule has 2 aromatic heterocycles. The van der Waals surface area contributed by atoms with Crippen LogP contribution < -0.4 is 10.6 Å². The van der Waals surface area contributed by atoms with Crippen molar-refractivity contribution in [2.45, 2.75) is 31.7 Å². The lowest BCUT2D eigenvalue weighted by Gasteiger charge is -2.12. The summed E-state index contributed by atoms with van der Waals surface area (Å²) in [6.07, 6.45) is 5.91. The summed E-state index contributed by atoms with van der Waals surface area (Å²) >= 11 is 0. The fraction of sp³-hybridized carbons (Fsp3) is 0.333. The minimum Gasteiger partial charge on any atom is -0.335 e. The van der Waals surface area contributed by atoms with Crippen LogP contribution in [0.25, 0.3) is 11.0 Å². The molecule has 1 saturated carbocycles. The second kappa shape index (κ2) is 5.75. The van der Waals surface area contributed by atoms with E-state index in [2.05, 4.69) is 20.6 Å². The maximum Gasteiger partial charge on any atom is 0.320 e. The Labute approximate surface area is 122 Å². The van der Waals surface area contributed by atoms with E-state index in [1.165, 1.54) is 19.0 Å². The molecule has 2 N–H and O–H groups in total. The number of amides is 2. The Bertz CT molecular complexity index is 716. The second-order valence-electron chi connectivity index (χ2n) is 5.15. The third-order valence-corrected chi connectivity index (χ3v) is 3.60. The molecule has 6 nitrogen and oxygen atoms in total. The second-order valence-corrected chi connectivity index (χ2v) is 5.15. The average molecular weight is 281 g/mol. The van der Waals surface area contributed by atoms with Gasteiger partial charge in [-0.3, -0.25) is 10.3 Å². The zero-order chi connectivity index (χ0) is 14.7. The van der Waals surface area contributed by atoms with Crippen LogP contribution in [0.5, 0.6) is 0 Å². The summed E-state index contributed by atoms with van der Waals surface area (Å²) in [5.74, 6) is 0.454. The first kappa shape index (κ1) is 13.3. The topological polar surface area (TPSA) is 90.7 Å². The summed E-state index contributed by atoms with van der Waals surface area (Å²) in [7, 11) is 0. The van der Waals surface area contributed by atoms with E-state index in [9.17, 15) is 4.79 Å². The van der Waals surface area contributed by atoms with Crippen molar-refractivity contribution in [3.05, 3.63) is 30.0 Å². The molecular weight excluding hydrogens is 266 g/mol. The van der Waals surface area contributed by atoms with Gasteiger partial charge >= 0.3 is 6.03 Å². The largest absolute Gasteiger partial charge is 0.335 e. The molecule has 0 unspecified atom stereocenters. The molecule has 3 rings (SSSR count). The molecule has 21 heavy (non-hydrogen) atoms. The molecular formula is C15H15N5O. The van der Waals surface area contributed by atoms with Gasteiger partial charge in [-0.15, -0.1) is 0 Å². The third-order valence-electron chi connectivity index (χ3n) is 3.60. The summed E-state index contributed by atoms with van der Waals surface area (Å²) < 4.78 is 0. The predicted molar refractivity (Wildman–Crippen MR) is 78.7 cm³/mol. The molecule has 1 aliphatic rings. The summed E-state index contributed by atoms with van der Waals surface area (Å²) in [6, 6.07) is 7.18. The number of pyridine rings is 2. The van der Waals surface area contributed by atoms with Crippen LogP contribution in [0.4, 0.5) is 10.6 Å². The number of rotatable bonds is 2. The molecule has 0 atom stereocenters. The van der Waals surface area contributed by atoms with E-state index in [-0.39, 0.29) is 12.1 Å². The number of nitriles is 1. The zero-order valence-corrected chi connectivity index (χ0v) is 11.5. The Morgan fingerprint density at radius 2 is 2.10 bits per heavy atom. The molecule has 0 aromatic carbocycles. The summed E-state index contributed by atoms with van der Waals surface area (Å²) in [6.45, 7) is 0. The Morgan fingerprint density at radius 3 is 2.86 bits per heavy atom. The number of hydrogen-bond donors (Lipinski definition) is 2. The van der Waals surface area contributed by atoms with Gasteiger partial charge in [0.15, 0.2) is 0 Å². The van der Waals surface area contributed by atoms with E-state index in [0.29, 0.717) is 22.4 Å². The van der Waals surface area contributed by atoms with E-state index >= 15 is 0 Å². The zero-order valence-electron chi connectivity index (χ0n) is 11.5. The standard InChI is InChI=1S/C15H15N5O/c16-8-10-7-13-12(17-9-10)5-6-14(19-13)20-15(21)18-11-3-1-2-4-11/h5-7,9,11H,1-4H2,(H2,18,19,20,21). The van der Waals surface area contributed by atoms with Gasteiger partial charge < -0.3 is 5.32 Å². The quantitative estimate of drug-likeness (QED) is 0.885. The Morgan fingerprint density at radius 1 is 1.29 bits per heavy atom. The number of nitrogens with zero attached hydrogens (tertiary/aromatic N) is 3. The smallest absolute Gasteiger partial charge is 0.320 e. The highest BCUT2D eigenvalue weighted by Crippen LogP contribution is 2.18. The fourth-order valence-corrected chi connectivity index (χ4v) is 2.55. The Balaban J connectivity index is 1.74. The van der Waals surface area contributed by atoms with Gasteiger partial charge in [-0.1, -0.05) is 12.8 Å². The molecule has 2 aromatic rings. The maximum absolute atomic E-state index is 11.9. The highest BCUT2D eigenvalue weighted by Gasteiger charge is 2.17. The number of carbonyl (C=O) groups is 1. The van der Waals surface area contributed by atoms with Crippen LogP contribution >= 0.6 is 0 Å². The van der Waals surface area contributed by atoms with Crippen LogP contribution in [-0.4, -0.2) is 22.0 Å². The van der Waals surface area contributed by atoms with Crippen LogP contribution in [0.2, 0.25) is 0 Å². The first-order valence-corrected chi connectivity index (χ1v) is 6.99. The van der Waals surface area contributed by atoms with Crippen LogP contribution in [0.1, 0.15) is 31.2 Å². The molecule has 0 spiro atoms. The van der Waals surface area contributed by atoms with Gasteiger partial charge in [0, 0.05) is 12.2 Å². The first-order valence-electron chi connectivity index (χ1n) is 6.99. The molecule has 2 amide bonds. The molecule has 0 saturated heterocycles. The average Bonchev–Trinajstić information content (AvgIpc) is 2.99. The molecule has 6 heteroatoms. The number of nitrogens with one attached hydrogen (secondary N) is 2. The molecule has 2 heterocycles. The molecule has 1 fully saturated rings. The number of aromatic nitrogens is 2. The molecule has 0 radical (unpaired) electrons. The van der Waals surface area contributed by atoms with Crippen LogP contribution in [0, 0.1) is 11.3 Å². The van der Waals surface area contributed by atoms with E-state index in [1.807, 2.05) is 6.07 Å². The van der Waals surface area contributed by atoms with Crippen molar-refractivity contribution in [2.75, 3.05) is 5.32 Å². The highest BCUT2D eigenvalue weighted by atomic mass is 16.2. The van der Waals surface area contributed by atoms with Crippen LogP contribution in [0.15, 0.2) is 24.4 Å². The number of urea groups is 1. The van der Waals surface area contributed by atoms with Gasteiger partial charge in [0.05, 0.1) is 16.6 Å². The number of carbonyl (C=O) groups excluding carboxylic acids is 1. The minimum atomic E-state index is -0.238. The van der Waals surface area contributed by atoms with Crippen molar-refractivity contribution >= 4 is 22.9 Å². The lowest BCUT2D eigenvalue weighted by molar-refractivity contribution is 0.248. The summed E-state index contributed by atoms with van der Waals surface area (Å²) in [5.41, 5.74) is 1.73. The van der Waals surface area contributed by atoms with Crippen LogP contribution in [-0.2, 0) is 0 Å². The number of anilines is 1. The van der Waals surface area contributed by atoms with E-state index in [1.54, 1.807) is 18.2 Å². The van der Waals surface area contributed by atoms with Crippen LogP contribution in [0.3, 0.4) is 0 Å². The van der Waals surface area contributed by atoms with Gasteiger partial charge in [0.1, 0.15) is 11.9 Å². The van der Waals surface area contributed by atoms with Gasteiger partial charge in [0.2, 0.25) is 0 Å². The van der Waals surface area contributed by atoms with Gasteiger partial charge in [0.25, 0.3) is 0 Å². The Hall–Kier alpha value is -2.68. The monoisotopic (exact) mass is 281 g/mol. The van der Waals surface area contributed by atoms with Crippen molar-refractivity contribution in [2.24, 2.45) is 0 Å². The summed E-state index contributed by atoms with van der Waals surface area (Å²) in [5, 5.41) is 14.5. The number of hydrogen-bond acceptors (Lipinski definition) is 4. The van der Waals surface area contributed by atoms with Gasteiger partial charge in [-0.25, -0.2) is 9.78 Å². The van der Waals surface area contributed by atoms with E-state index in [0.717, 1.165) is 12.8 Å². The number of fused-ring (bicyclic) bond motifs is 1. The van der Waals surface area contributed by atoms with E-state index in [4.69, 9.17) is 5.26 Å². The van der Waals surface area contributed by atoms with Crippen molar-refractivity contribution in [1.82, 2.24) is 15.3 Å². The lowest BCUT2D eigenvalue weighted by Crippen LogP contribution is -2.36. The first-order chi connectivity index (χ1) is 10.2. The van der Waals surface area contributed by atoms with Crippen molar-refractivity contribution in [3.63, 3.8) is 0 Å². The van der Waals surface area contributed by atoms with E-state index < -0.39 is 0 Å². The van der Waals surface area contributed by atoms with Crippen molar-refractivity contribution in [1.29, 1.82) is 5.26 Å². The third kappa shape index (κ3) is 3.08. The van der Waals surface area contributed by atoms with Gasteiger partial charge in [-0.2, -0.15) is 5.26 Å². The predicted octanol–water partition coefficient (Wildman–Crippen LogP) is 2.57. The summed E-state index contributed by atoms with van der Waals surface area (Å²) in [4.78, 5) is 20.4. The molecule has 0 bridgehead atoms. The SMILES string of the molecule is N#Cc1cnc2ccc(NC(=O)NC3CCCC3)nc2c1. The molecule has 106 valence electrons. The highest BCUT2D eigenvalue weighted by molar-refractivity contribution is 5.90. The minimum absolute atomic E-state index is 0.238. The Kier molecular flexibility index (Phi) is 3.65. The molecule has 1 aliphatic carbocycles. The van der Waals surface area contributed by atoms with Gasteiger partial charge in [-0.05, 0) is 31.0 Å². The molecule has 0 aliphatic heterocycles. The maximum atomic E-state index is 11.9.